The fraction of sp³-hybridized carbons (Fsp3) is 0.538. The topological polar surface area (TPSA) is 9.23 Å². The van der Waals surface area contributed by atoms with Crippen LogP contribution in [0.1, 0.15) is 30.5 Å². The SMILES string of the molecule is CCSC(C)Cc1cc2cc(c1)COC2. The van der Waals surface area contributed by atoms with Gasteiger partial charge in [-0.1, -0.05) is 32.0 Å². The Morgan fingerprint density at radius 3 is 2.53 bits per heavy atom. The molecule has 1 unspecified atom stereocenters. The van der Waals surface area contributed by atoms with E-state index in [1.807, 2.05) is 11.8 Å². The lowest BCUT2D eigenvalue weighted by Gasteiger charge is -2.17. The van der Waals surface area contributed by atoms with Crippen molar-refractivity contribution >= 4 is 11.8 Å². The van der Waals surface area contributed by atoms with E-state index in [0.29, 0.717) is 0 Å². The van der Waals surface area contributed by atoms with E-state index < -0.39 is 0 Å². The summed E-state index contributed by atoms with van der Waals surface area (Å²) in [7, 11) is 0. The van der Waals surface area contributed by atoms with Crippen LogP contribution in [0.4, 0.5) is 0 Å². The summed E-state index contributed by atoms with van der Waals surface area (Å²) in [6.45, 7) is 6.11. The van der Waals surface area contributed by atoms with Gasteiger partial charge in [0, 0.05) is 5.25 Å². The molecule has 2 rings (SSSR count). The van der Waals surface area contributed by atoms with Gasteiger partial charge in [-0.2, -0.15) is 11.8 Å². The summed E-state index contributed by atoms with van der Waals surface area (Å²) in [5.74, 6) is 1.21. The molecular formula is C13H18OS. The summed E-state index contributed by atoms with van der Waals surface area (Å²) in [5.41, 5.74) is 4.14. The van der Waals surface area contributed by atoms with Crippen molar-refractivity contribution in [2.24, 2.45) is 0 Å². The molecule has 1 aliphatic heterocycles. The zero-order valence-electron chi connectivity index (χ0n) is 9.45. The Bertz CT molecular complexity index is 313. The molecule has 82 valence electrons. The maximum atomic E-state index is 5.45. The third-order valence-electron chi connectivity index (χ3n) is 2.62. The fourth-order valence-corrected chi connectivity index (χ4v) is 2.97. The van der Waals surface area contributed by atoms with Gasteiger partial charge in [-0.25, -0.2) is 0 Å². The molecule has 0 spiro atoms. The number of thioether (sulfide) groups is 1. The van der Waals surface area contributed by atoms with Crippen molar-refractivity contribution in [1.82, 2.24) is 0 Å². The van der Waals surface area contributed by atoms with Crippen molar-refractivity contribution in [2.45, 2.75) is 38.7 Å². The third kappa shape index (κ3) is 2.99. The number of ether oxygens (including phenoxy) is 1. The Balaban J connectivity index is 2.06. The molecule has 0 saturated heterocycles. The van der Waals surface area contributed by atoms with Crippen LogP contribution >= 0.6 is 11.8 Å². The van der Waals surface area contributed by atoms with Crippen LogP contribution in [-0.2, 0) is 24.4 Å². The van der Waals surface area contributed by atoms with Gasteiger partial charge in [-0.15, -0.1) is 0 Å². The summed E-state index contributed by atoms with van der Waals surface area (Å²) in [6, 6.07) is 6.83. The second kappa shape index (κ2) is 5.04. The lowest BCUT2D eigenvalue weighted by Crippen LogP contribution is -2.07. The van der Waals surface area contributed by atoms with Crippen molar-refractivity contribution in [2.75, 3.05) is 5.75 Å². The molecule has 0 radical (unpaired) electrons. The van der Waals surface area contributed by atoms with Gasteiger partial charge in [0.25, 0.3) is 0 Å². The molecule has 0 aliphatic carbocycles. The lowest BCUT2D eigenvalue weighted by molar-refractivity contribution is 0.0991. The molecule has 0 fully saturated rings. The molecule has 15 heavy (non-hydrogen) atoms. The largest absolute Gasteiger partial charge is 0.372 e. The molecule has 1 aromatic rings. The van der Waals surface area contributed by atoms with E-state index in [1.165, 1.54) is 28.9 Å². The fourth-order valence-electron chi connectivity index (χ4n) is 2.09. The summed E-state index contributed by atoms with van der Waals surface area (Å²) in [5, 5.41) is 0.721. The average molecular weight is 222 g/mol. The second-order valence-electron chi connectivity index (χ2n) is 4.12. The van der Waals surface area contributed by atoms with Crippen LogP contribution in [0.5, 0.6) is 0 Å². The van der Waals surface area contributed by atoms with Crippen LogP contribution in [0.3, 0.4) is 0 Å². The van der Waals surface area contributed by atoms with Crippen LogP contribution in [0.25, 0.3) is 0 Å². The van der Waals surface area contributed by atoms with Crippen LogP contribution in [0, 0.1) is 0 Å². The molecule has 1 aromatic carbocycles. The molecule has 0 amide bonds. The summed E-state index contributed by atoms with van der Waals surface area (Å²) >= 11 is 2.03. The first kappa shape index (κ1) is 11.0. The Labute approximate surface area is 96.2 Å². The van der Waals surface area contributed by atoms with E-state index in [0.717, 1.165) is 18.5 Å². The number of hydrogen-bond acceptors (Lipinski definition) is 2. The summed E-state index contributed by atoms with van der Waals surface area (Å²) < 4.78 is 5.45. The highest BCUT2D eigenvalue weighted by molar-refractivity contribution is 7.99. The van der Waals surface area contributed by atoms with E-state index in [-0.39, 0.29) is 0 Å². The Kier molecular flexibility index (Phi) is 3.71. The van der Waals surface area contributed by atoms with Crippen molar-refractivity contribution in [3.63, 3.8) is 0 Å². The van der Waals surface area contributed by atoms with Gasteiger partial charge in [0.2, 0.25) is 0 Å². The Hall–Kier alpha value is -0.470. The van der Waals surface area contributed by atoms with Crippen LogP contribution in [0.2, 0.25) is 0 Å². The highest BCUT2D eigenvalue weighted by Gasteiger charge is 2.09. The minimum Gasteiger partial charge on any atom is -0.372 e. The normalized spacial score (nSPS) is 16.4. The van der Waals surface area contributed by atoms with Gasteiger partial charge in [0.05, 0.1) is 13.2 Å². The molecule has 0 saturated carbocycles. The quantitative estimate of drug-likeness (QED) is 0.772. The van der Waals surface area contributed by atoms with Crippen LogP contribution in [0.15, 0.2) is 18.2 Å². The van der Waals surface area contributed by atoms with Crippen molar-refractivity contribution in [3.8, 4) is 0 Å². The van der Waals surface area contributed by atoms with E-state index in [9.17, 15) is 0 Å². The second-order valence-corrected chi connectivity index (χ2v) is 5.84. The van der Waals surface area contributed by atoms with Crippen molar-refractivity contribution < 1.29 is 4.74 Å². The van der Waals surface area contributed by atoms with E-state index >= 15 is 0 Å². The van der Waals surface area contributed by atoms with E-state index in [1.54, 1.807) is 0 Å². The van der Waals surface area contributed by atoms with E-state index in [2.05, 4.69) is 32.0 Å². The molecule has 1 atom stereocenters. The average Bonchev–Trinajstić information content (AvgIpc) is 2.17. The van der Waals surface area contributed by atoms with E-state index in [4.69, 9.17) is 4.74 Å². The van der Waals surface area contributed by atoms with Gasteiger partial charge in [-0.3, -0.25) is 0 Å². The van der Waals surface area contributed by atoms with Crippen LogP contribution in [-0.4, -0.2) is 11.0 Å². The zero-order valence-corrected chi connectivity index (χ0v) is 10.3. The molecule has 0 aromatic heterocycles. The Morgan fingerprint density at radius 2 is 1.93 bits per heavy atom. The summed E-state index contributed by atoms with van der Waals surface area (Å²) in [4.78, 5) is 0. The maximum absolute atomic E-state index is 5.45. The first-order valence-electron chi connectivity index (χ1n) is 5.59. The number of hydrogen-bond donors (Lipinski definition) is 0. The first-order valence-corrected chi connectivity index (χ1v) is 6.64. The third-order valence-corrected chi connectivity index (χ3v) is 3.69. The first-order chi connectivity index (χ1) is 7.28. The monoisotopic (exact) mass is 222 g/mol. The van der Waals surface area contributed by atoms with Crippen molar-refractivity contribution in [1.29, 1.82) is 0 Å². The minimum atomic E-state index is 0.721. The molecule has 0 N–H and O–H groups in total. The van der Waals surface area contributed by atoms with Gasteiger partial charge >= 0.3 is 0 Å². The van der Waals surface area contributed by atoms with Crippen LogP contribution < -0.4 is 0 Å². The molecule has 1 nitrogen and oxygen atoms in total. The lowest BCUT2D eigenvalue weighted by atomic mass is 10.0. The van der Waals surface area contributed by atoms with Crippen molar-refractivity contribution in [3.05, 3.63) is 34.9 Å². The molecular weight excluding hydrogens is 204 g/mol. The predicted molar refractivity (Wildman–Crippen MR) is 66.2 cm³/mol. The smallest absolute Gasteiger partial charge is 0.0721 e. The van der Waals surface area contributed by atoms with Gasteiger partial charge in [-0.05, 0) is 28.9 Å². The Morgan fingerprint density at radius 1 is 1.27 bits per heavy atom. The highest BCUT2D eigenvalue weighted by atomic mass is 32.2. The standard InChI is InChI=1S/C13H18OS/c1-3-15-10(2)4-11-5-12-7-13(6-11)9-14-8-12/h5-7,10H,3-4,8-9H2,1-2H3. The summed E-state index contributed by atoms with van der Waals surface area (Å²) in [6.07, 6.45) is 1.18. The zero-order chi connectivity index (χ0) is 10.7. The van der Waals surface area contributed by atoms with Gasteiger partial charge < -0.3 is 4.74 Å². The van der Waals surface area contributed by atoms with Gasteiger partial charge in [0.1, 0.15) is 0 Å². The molecule has 1 aliphatic rings. The molecule has 2 bridgehead atoms. The molecule has 2 heteroatoms. The maximum Gasteiger partial charge on any atom is 0.0721 e. The minimum absolute atomic E-state index is 0.721. The number of fused-ring (bicyclic) bond motifs is 2. The predicted octanol–water partition coefficient (Wildman–Crippen LogP) is 3.40. The number of benzene rings is 1. The van der Waals surface area contributed by atoms with Gasteiger partial charge in [0.15, 0.2) is 0 Å². The highest BCUT2D eigenvalue weighted by Crippen LogP contribution is 2.21. The number of rotatable bonds is 4. The molecule has 1 heterocycles.